The van der Waals surface area contributed by atoms with Crippen LogP contribution >= 0.6 is 7.82 Å². The van der Waals surface area contributed by atoms with E-state index in [4.69, 9.17) is 14.8 Å². The molecule has 0 spiro atoms. The smallest absolute Gasteiger partial charge is 0.391 e. The molecule has 0 heterocycles. The SMILES string of the molecule is CCCCCCCCCCCCCC(=O)NC(COP(=O)(O)OCCN)C(O)CCCCCCCCCC. The zero-order valence-corrected chi connectivity index (χ0v) is 25.6. The van der Waals surface area contributed by atoms with Crippen molar-refractivity contribution < 1.29 is 28.4 Å². The molecule has 0 rings (SSSR count). The molecular weight excluding hydrogens is 503 g/mol. The molecule has 9 heteroatoms. The van der Waals surface area contributed by atoms with Gasteiger partial charge in [0.2, 0.25) is 5.91 Å². The monoisotopic (exact) mass is 564 g/mol. The van der Waals surface area contributed by atoms with Crippen molar-refractivity contribution in [3.05, 3.63) is 0 Å². The van der Waals surface area contributed by atoms with Gasteiger partial charge in [-0.3, -0.25) is 13.8 Å². The number of hydrogen-bond acceptors (Lipinski definition) is 6. The molecule has 3 unspecified atom stereocenters. The maximum atomic E-state index is 12.6. The van der Waals surface area contributed by atoms with E-state index in [1.807, 2.05) is 0 Å². The number of carbonyl (C=O) groups is 1. The lowest BCUT2D eigenvalue weighted by molar-refractivity contribution is -0.123. The Hall–Kier alpha value is -0.500. The average Bonchev–Trinajstić information content (AvgIpc) is 2.89. The standard InChI is InChI=1S/C29H61N2O6P/c1-3-5-7-9-11-13-14-15-17-19-21-23-29(33)31-27(26-37-38(34,35)36-25-24-30)28(32)22-20-18-16-12-10-8-6-4-2/h27-28,32H,3-26,30H2,1-2H3,(H,31,33)(H,34,35). The predicted octanol–water partition coefficient (Wildman–Crippen LogP) is 7.16. The van der Waals surface area contributed by atoms with Crippen LogP contribution in [0.2, 0.25) is 0 Å². The lowest BCUT2D eigenvalue weighted by Gasteiger charge is -2.25. The summed E-state index contributed by atoms with van der Waals surface area (Å²) < 4.78 is 21.9. The van der Waals surface area contributed by atoms with Crippen LogP contribution in [0.3, 0.4) is 0 Å². The summed E-state index contributed by atoms with van der Waals surface area (Å²) in [5.41, 5.74) is 5.32. The van der Waals surface area contributed by atoms with Gasteiger partial charge in [-0.15, -0.1) is 0 Å². The molecule has 38 heavy (non-hydrogen) atoms. The minimum Gasteiger partial charge on any atom is -0.391 e. The normalized spacial score (nSPS) is 14.8. The Morgan fingerprint density at radius 2 is 1.21 bits per heavy atom. The molecule has 0 aliphatic heterocycles. The highest BCUT2D eigenvalue weighted by atomic mass is 31.2. The highest BCUT2D eigenvalue weighted by Crippen LogP contribution is 2.43. The average molecular weight is 565 g/mol. The number of aliphatic hydroxyl groups excluding tert-OH is 1. The van der Waals surface area contributed by atoms with E-state index in [1.165, 1.54) is 83.5 Å². The molecule has 0 saturated carbocycles. The maximum absolute atomic E-state index is 12.6. The highest BCUT2D eigenvalue weighted by Gasteiger charge is 2.27. The number of unbranched alkanes of at least 4 members (excludes halogenated alkanes) is 17. The molecule has 0 fully saturated rings. The van der Waals surface area contributed by atoms with Crippen molar-refractivity contribution in [1.29, 1.82) is 0 Å². The fraction of sp³-hybridized carbons (Fsp3) is 0.966. The zero-order valence-electron chi connectivity index (χ0n) is 24.7. The van der Waals surface area contributed by atoms with E-state index in [1.54, 1.807) is 0 Å². The van der Waals surface area contributed by atoms with Crippen LogP contribution in [-0.2, 0) is 18.4 Å². The number of rotatable bonds is 29. The van der Waals surface area contributed by atoms with E-state index >= 15 is 0 Å². The first-order chi connectivity index (χ1) is 18.4. The second-order valence-corrected chi connectivity index (χ2v) is 12.1. The summed E-state index contributed by atoms with van der Waals surface area (Å²) in [4.78, 5) is 22.4. The van der Waals surface area contributed by atoms with Crippen LogP contribution in [0.4, 0.5) is 0 Å². The lowest BCUT2D eigenvalue weighted by atomic mass is 10.0. The van der Waals surface area contributed by atoms with Crippen LogP contribution in [0.15, 0.2) is 0 Å². The van der Waals surface area contributed by atoms with E-state index in [0.29, 0.717) is 12.8 Å². The van der Waals surface area contributed by atoms with Crippen molar-refractivity contribution in [2.24, 2.45) is 5.73 Å². The Bertz CT molecular complexity index is 581. The van der Waals surface area contributed by atoms with Gasteiger partial charge in [0.05, 0.1) is 25.4 Å². The number of hydrogen-bond donors (Lipinski definition) is 4. The summed E-state index contributed by atoms with van der Waals surface area (Å²) in [5.74, 6) is -0.167. The minimum absolute atomic E-state index is 0.0914. The van der Waals surface area contributed by atoms with Gasteiger partial charge in [0.25, 0.3) is 0 Å². The summed E-state index contributed by atoms with van der Waals surface area (Å²) in [6.07, 6.45) is 22.6. The molecule has 5 N–H and O–H groups in total. The van der Waals surface area contributed by atoms with E-state index in [2.05, 4.69) is 19.2 Å². The van der Waals surface area contributed by atoms with Gasteiger partial charge in [-0.25, -0.2) is 4.57 Å². The second kappa shape index (κ2) is 26.7. The van der Waals surface area contributed by atoms with Crippen LogP contribution < -0.4 is 11.1 Å². The van der Waals surface area contributed by atoms with Gasteiger partial charge in [0.15, 0.2) is 0 Å². The Labute approximate surface area is 233 Å². The first-order valence-electron chi connectivity index (χ1n) is 15.7. The third-order valence-electron chi connectivity index (χ3n) is 6.96. The van der Waals surface area contributed by atoms with Crippen LogP contribution in [0.1, 0.15) is 149 Å². The number of amides is 1. The van der Waals surface area contributed by atoms with Crippen molar-refractivity contribution in [3.8, 4) is 0 Å². The van der Waals surface area contributed by atoms with Crippen LogP contribution in [0, 0.1) is 0 Å². The number of nitrogens with two attached hydrogens (primary N) is 1. The highest BCUT2D eigenvalue weighted by molar-refractivity contribution is 7.47. The molecule has 0 aromatic rings. The van der Waals surface area contributed by atoms with Gasteiger partial charge in [0, 0.05) is 13.0 Å². The largest absolute Gasteiger partial charge is 0.472 e. The van der Waals surface area contributed by atoms with Gasteiger partial charge in [0.1, 0.15) is 0 Å². The fourth-order valence-electron chi connectivity index (χ4n) is 4.55. The van der Waals surface area contributed by atoms with Crippen LogP contribution in [-0.4, -0.2) is 47.8 Å². The van der Waals surface area contributed by atoms with Gasteiger partial charge in [-0.1, -0.05) is 129 Å². The van der Waals surface area contributed by atoms with E-state index in [9.17, 15) is 19.4 Å². The van der Waals surface area contributed by atoms with Gasteiger partial charge < -0.3 is 21.1 Å². The molecule has 1 amide bonds. The number of phosphoric acid groups is 1. The first kappa shape index (κ1) is 37.5. The predicted molar refractivity (Wildman–Crippen MR) is 157 cm³/mol. The van der Waals surface area contributed by atoms with Crippen molar-refractivity contribution in [2.75, 3.05) is 19.8 Å². The molecule has 0 aromatic heterocycles. The third-order valence-corrected chi connectivity index (χ3v) is 7.95. The third kappa shape index (κ3) is 24.5. The topological polar surface area (TPSA) is 131 Å². The number of carbonyl (C=O) groups excluding carboxylic acids is 1. The Morgan fingerprint density at radius 1 is 0.763 bits per heavy atom. The first-order valence-corrected chi connectivity index (χ1v) is 17.1. The van der Waals surface area contributed by atoms with E-state index in [-0.39, 0.29) is 25.7 Å². The van der Waals surface area contributed by atoms with Crippen molar-refractivity contribution in [2.45, 2.75) is 161 Å². The summed E-state index contributed by atoms with van der Waals surface area (Å²) in [6.45, 7) is 4.14. The summed E-state index contributed by atoms with van der Waals surface area (Å²) in [7, 11) is -4.29. The molecule has 3 atom stereocenters. The fourth-order valence-corrected chi connectivity index (χ4v) is 5.31. The molecule has 0 bridgehead atoms. The van der Waals surface area contributed by atoms with Crippen molar-refractivity contribution in [3.63, 3.8) is 0 Å². The molecule has 0 aromatic carbocycles. The van der Waals surface area contributed by atoms with Crippen molar-refractivity contribution >= 4 is 13.7 Å². The molecule has 0 saturated heterocycles. The summed E-state index contributed by atoms with van der Waals surface area (Å²) in [6, 6.07) is -0.762. The Kier molecular flexibility index (Phi) is 26.4. The minimum atomic E-state index is -4.29. The lowest BCUT2D eigenvalue weighted by Crippen LogP contribution is -2.46. The Morgan fingerprint density at radius 3 is 1.68 bits per heavy atom. The summed E-state index contributed by atoms with van der Waals surface area (Å²) in [5, 5.41) is 13.6. The molecule has 0 aliphatic carbocycles. The number of aliphatic hydroxyl groups is 1. The van der Waals surface area contributed by atoms with Crippen LogP contribution in [0.5, 0.6) is 0 Å². The van der Waals surface area contributed by atoms with Crippen LogP contribution in [0.25, 0.3) is 0 Å². The number of phosphoric ester groups is 1. The molecule has 0 radical (unpaired) electrons. The van der Waals surface area contributed by atoms with Gasteiger partial charge >= 0.3 is 7.82 Å². The molecular formula is C29H61N2O6P. The second-order valence-electron chi connectivity index (χ2n) is 10.7. The maximum Gasteiger partial charge on any atom is 0.472 e. The molecule has 228 valence electrons. The van der Waals surface area contributed by atoms with Gasteiger partial charge in [-0.05, 0) is 12.8 Å². The zero-order chi connectivity index (χ0) is 28.3. The van der Waals surface area contributed by atoms with Gasteiger partial charge in [-0.2, -0.15) is 0 Å². The quantitative estimate of drug-likeness (QED) is 0.0560. The van der Waals surface area contributed by atoms with Crippen molar-refractivity contribution in [1.82, 2.24) is 5.32 Å². The van der Waals surface area contributed by atoms with E-state index < -0.39 is 20.0 Å². The molecule has 8 nitrogen and oxygen atoms in total. The molecule has 0 aliphatic rings. The summed E-state index contributed by atoms with van der Waals surface area (Å²) >= 11 is 0. The van der Waals surface area contributed by atoms with E-state index in [0.717, 1.165) is 38.5 Å². The Balaban J connectivity index is 4.34. The number of nitrogens with one attached hydrogen (secondary N) is 1.